The lowest BCUT2D eigenvalue weighted by atomic mass is 9.97. The van der Waals surface area contributed by atoms with Crippen molar-refractivity contribution in [1.29, 1.82) is 0 Å². The highest BCUT2D eigenvalue weighted by molar-refractivity contribution is 6.30. The number of benzene rings is 1. The number of halogens is 1. The Bertz CT molecular complexity index is 389. The molecule has 0 spiro atoms. The summed E-state index contributed by atoms with van der Waals surface area (Å²) in [6.07, 6.45) is 2.12. The Morgan fingerprint density at radius 2 is 2.11 bits per heavy atom. The van der Waals surface area contributed by atoms with Gasteiger partial charge in [0.2, 0.25) is 0 Å². The summed E-state index contributed by atoms with van der Waals surface area (Å²) in [5.41, 5.74) is 2.51. The second kappa shape index (κ2) is 6.41. The highest BCUT2D eigenvalue weighted by atomic mass is 35.5. The van der Waals surface area contributed by atoms with E-state index in [0.717, 1.165) is 37.5 Å². The predicted octanol–water partition coefficient (Wildman–Crippen LogP) is 2.27. The van der Waals surface area contributed by atoms with Crippen LogP contribution in [0.5, 0.6) is 0 Å². The first-order valence-electron chi connectivity index (χ1n) is 6.53. The number of piperidine rings is 1. The molecule has 0 aliphatic carbocycles. The van der Waals surface area contributed by atoms with Crippen LogP contribution in [-0.2, 0) is 6.54 Å². The van der Waals surface area contributed by atoms with Gasteiger partial charge in [0, 0.05) is 37.0 Å². The third-order valence-electron chi connectivity index (χ3n) is 3.63. The number of nitrogens with zero attached hydrogens (tertiary/aromatic N) is 1. The van der Waals surface area contributed by atoms with Gasteiger partial charge in [-0.2, -0.15) is 0 Å². The molecule has 2 rings (SSSR count). The molecule has 0 radical (unpaired) electrons. The van der Waals surface area contributed by atoms with E-state index in [1.54, 1.807) is 0 Å². The van der Waals surface area contributed by atoms with Gasteiger partial charge in [-0.1, -0.05) is 17.7 Å². The first-order valence-corrected chi connectivity index (χ1v) is 6.91. The molecule has 0 saturated carbocycles. The van der Waals surface area contributed by atoms with Crippen LogP contribution in [0.1, 0.15) is 18.4 Å². The standard InChI is InChI=1S/C14H21ClN2O/c1-16-9-12-2-3-13(15)8-14(12)17-6-4-11(10-18)5-7-17/h2-3,8,11,16,18H,4-7,9-10H2,1H3. The molecule has 4 heteroatoms. The summed E-state index contributed by atoms with van der Waals surface area (Å²) in [4.78, 5) is 2.38. The second-order valence-corrected chi connectivity index (χ2v) is 5.35. The fraction of sp³-hybridized carbons (Fsp3) is 0.571. The lowest BCUT2D eigenvalue weighted by Gasteiger charge is -2.34. The minimum Gasteiger partial charge on any atom is -0.396 e. The fourth-order valence-corrected chi connectivity index (χ4v) is 2.69. The van der Waals surface area contributed by atoms with Crippen molar-refractivity contribution >= 4 is 17.3 Å². The quantitative estimate of drug-likeness (QED) is 0.879. The van der Waals surface area contributed by atoms with Crippen LogP contribution >= 0.6 is 11.6 Å². The molecule has 1 fully saturated rings. The van der Waals surface area contributed by atoms with E-state index in [1.165, 1.54) is 11.3 Å². The van der Waals surface area contributed by atoms with Crippen LogP contribution in [-0.4, -0.2) is 31.9 Å². The minimum absolute atomic E-state index is 0.312. The fourth-order valence-electron chi connectivity index (χ4n) is 2.53. The summed E-state index contributed by atoms with van der Waals surface area (Å²) in [6.45, 7) is 3.17. The molecule has 1 aliphatic heterocycles. The Labute approximate surface area is 114 Å². The van der Waals surface area contributed by atoms with Gasteiger partial charge in [-0.3, -0.25) is 0 Å². The number of anilines is 1. The molecule has 0 amide bonds. The third-order valence-corrected chi connectivity index (χ3v) is 3.86. The van der Waals surface area contributed by atoms with Crippen LogP contribution < -0.4 is 10.2 Å². The van der Waals surface area contributed by atoms with E-state index in [1.807, 2.05) is 19.2 Å². The largest absolute Gasteiger partial charge is 0.396 e. The Kier molecular flexibility index (Phi) is 4.87. The molecule has 100 valence electrons. The molecule has 1 aromatic carbocycles. The smallest absolute Gasteiger partial charge is 0.0460 e. The van der Waals surface area contributed by atoms with Gasteiger partial charge in [-0.15, -0.1) is 0 Å². The summed E-state index contributed by atoms with van der Waals surface area (Å²) >= 11 is 6.11. The van der Waals surface area contributed by atoms with Crippen molar-refractivity contribution in [3.63, 3.8) is 0 Å². The van der Waals surface area contributed by atoms with Crippen molar-refractivity contribution in [3.8, 4) is 0 Å². The van der Waals surface area contributed by atoms with Crippen LogP contribution in [0.15, 0.2) is 18.2 Å². The summed E-state index contributed by atoms with van der Waals surface area (Å²) in [5, 5.41) is 13.2. The molecular weight excluding hydrogens is 248 g/mol. The van der Waals surface area contributed by atoms with E-state index in [2.05, 4.69) is 16.3 Å². The molecular formula is C14H21ClN2O. The van der Waals surface area contributed by atoms with Gasteiger partial charge in [0.15, 0.2) is 0 Å². The lowest BCUT2D eigenvalue weighted by Crippen LogP contribution is -2.35. The number of nitrogens with one attached hydrogen (secondary N) is 1. The first kappa shape index (κ1) is 13.7. The minimum atomic E-state index is 0.312. The van der Waals surface area contributed by atoms with Crippen molar-refractivity contribution < 1.29 is 5.11 Å². The maximum atomic E-state index is 9.18. The van der Waals surface area contributed by atoms with Gasteiger partial charge in [-0.05, 0) is 43.5 Å². The van der Waals surface area contributed by atoms with E-state index in [0.29, 0.717) is 12.5 Å². The molecule has 18 heavy (non-hydrogen) atoms. The van der Waals surface area contributed by atoms with Crippen molar-refractivity contribution in [1.82, 2.24) is 5.32 Å². The molecule has 1 aromatic rings. The normalized spacial score (nSPS) is 17.2. The van der Waals surface area contributed by atoms with Crippen LogP contribution in [0.2, 0.25) is 5.02 Å². The predicted molar refractivity (Wildman–Crippen MR) is 76.2 cm³/mol. The maximum absolute atomic E-state index is 9.18. The zero-order chi connectivity index (χ0) is 13.0. The average molecular weight is 269 g/mol. The topological polar surface area (TPSA) is 35.5 Å². The zero-order valence-corrected chi connectivity index (χ0v) is 11.6. The number of aliphatic hydroxyl groups is 1. The first-order chi connectivity index (χ1) is 8.74. The summed E-state index contributed by atoms with van der Waals surface area (Å²) in [7, 11) is 1.95. The van der Waals surface area contributed by atoms with Crippen molar-refractivity contribution in [2.45, 2.75) is 19.4 Å². The Morgan fingerprint density at radius 1 is 1.39 bits per heavy atom. The van der Waals surface area contributed by atoms with E-state index in [9.17, 15) is 5.11 Å². The Balaban J connectivity index is 2.14. The van der Waals surface area contributed by atoms with Crippen LogP contribution in [0, 0.1) is 5.92 Å². The molecule has 1 aliphatic rings. The highest BCUT2D eigenvalue weighted by Gasteiger charge is 2.20. The summed E-state index contributed by atoms with van der Waals surface area (Å²) in [6, 6.07) is 6.08. The second-order valence-electron chi connectivity index (χ2n) is 4.92. The van der Waals surface area contributed by atoms with Crippen LogP contribution in [0.4, 0.5) is 5.69 Å². The number of rotatable bonds is 4. The van der Waals surface area contributed by atoms with Crippen LogP contribution in [0.25, 0.3) is 0 Å². The maximum Gasteiger partial charge on any atom is 0.0460 e. The van der Waals surface area contributed by atoms with Crippen molar-refractivity contribution in [3.05, 3.63) is 28.8 Å². The summed E-state index contributed by atoms with van der Waals surface area (Å²) in [5.74, 6) is 0.466. The van der Waals surface area contributed by atoms with Gasteiger partial charge >= 0.3 is 0 Å². The van der Waals surface area contributed by atoms with Gasteiger partial charge in [0.1, 0.15) is 0 Å². The highest BCUT2D eigenvalue weighted by Crippen LogP contribution is 2.29. The van der Waals surface area contributed by atoms with Crippen molar-refractivity contribution in [2.24, 2.45) is 5.92 Å². The van der Waals surface area contributed by atoms with Gasteiger partial charge < -0.3 is 15.3 Å². The molecule has 0 atom stereocenters. The molecule has 0 bridgehead atoms. The zero-order valence-electron chi connectivity index (χ0n) is 10.8. The SMILES string of the molecule is CNCc1ccc(Cl)cc1N1CCC(CO)CC1. The average Bonchev–Trinajstić information content (AvgIpc) is 2.41. The van der Waals surface area contributed by atoms with E-state index >= 15 is 0 Å². The number of hydrogen-bond acceptors (Lipinski definition) is 3. The molecule has 1 saturated heterocycles. The molecule has 1 heterocycles. The van der Waals surface area contributed by atoms with E-state index in [-0.39, 0.29) is 0 Å². The molecule has 3 nitrogen and oxygen atoms in total. The Morgan fingerprint density at radius 3 is 2.72 bits per heavy atom. The lowest BCUT2D eigenvalue weighted by molar-refractivity contribution is 0.203. The van der Waals surface area contributed by atoms with Crippen molar-refractivity contribution in [2.75, 3.05) is 31.6 Å². The third kappa shape index (κ3) is 3.16. The monoisotopic (exact) mass is 268 g/mol. The van der Waals surface area contributed by atoms with E-state index < -0.39 is 0 Å². The van der Waals surface area contributed by atoms with Gasteiger partial charge in [0.25, 0.3) is 0 Å². The van der Waals surface area contributed by atoms with Gasteiger partial charge in [0.05, 0.1) is 0 Å². The summed E-state index contributed by atoms with van der Waals surface area (Å²) < 4.78 is 0. The number of aliphatic hydroxyl groups excluding tert-OH is 1. The number of hydrogen-bond donors (Lipinski definition) is 2. The molecule has 2 N–H and O–H groups in total. The van der Waals surface area contributed by atoms with Crippen LogP contribution in [0.3, 0.4) is 0 Å². The molecule has 0 aromatic heterocycles. The Hall–Kier alpha value is -0.770. The molecule has 0 unspecified atom stereocenters. The van der Waals surface area contributed by atoms with Gasteiger partial charge in [-0.25, -0.2) is 0 Å². The van der Waals surface area contributed by atoms with E-state index in [4.69, 9.17) is 11.6 Å².